The minimum Gasteiger partial charge on any atom is -0.317 e. The summed E-state index contributed by atoms with van der Waals surface area (Å²) in [5, 5.41) is 6.95. The van der Waals surface area contributed by atoms with Crippen LogP contribution in [-0.2, 0) is 0 Å². The van der Waals surface area contributed by atoms with Gasteiger partial charge in [-0.05, 0) is 57.8 Å². The lowest BCUT2D eigenvalue weighted by Crippen LogP contribution is -2.23. The van der Waals surface area contributed by atoms with Gasteiger partial charge in [0.2, 0.25) is 0 Å². The Balaban J connectivity index is 1.63. The minimum absolute atomic E-state index is 1.02. The molecule has 0 amide bonds. The predicted molar refractivity (Wildman–Crippen MR) is 58.0 cm³/mol. The van der Waals surface area contributed by atoms with Gasteiger partial charge in [0.05, 0.1) is 0 Å². The van der Waals surface area contributed by atoms with Crippen molar-refractivity contribution < 1.29 is 0 Å². The van der Waals surface area contributed by atoms with Gasteiger partial charge in [-0.15, -0.1) is 0 Å². The van der Waals surface area contributed by atoms with E-state index in [9.17, 15) is 0 Å². The molecule has 2 N–H and O–H groups in total. The van der Waals surface area contributed by atoms with E-state index in [-0.39, 0.29) is 0 Å². The molecule has 0 heterocycles. The van der Waals surface area contributed by atoms with Gasteiger partial charge >= 0.3 is 0 Å². The van der Waals surface area contributed by atoms with Crippen LogP contribution < -0.4 is 10.6 Å². The topological polar surface area (TPSA) is 24.1 Å². The number of nitrogens with one attached hydrogen (secondary N) is 2. The Morgan fingerprint density at radius 1 is 1.00 bits per heavy atom. The summed E-state index contributed by atoms with van der Waals surface area (Å²) in [6, 6.07) is 0. The Hall–Kier alpha value is -0.0800. The summed E-state index contributed by atoms with van der Waals surface area (Å²) >= 11 is 0. The van der Waals surface area contributed by atoms with E-state index in [0.29, 0.717) is 0 Å². The predicted octanol–water partition coefficient (Wildman–Crippen LogP) is 1.77. The molecule has 2 heteroatoms. The maximum absolute atomic E-state index is 3.50. The molecule has 0 aromatic carbocycles. The summed E-state index contributed by atoms with van der Waals surface area (Å²) in [4.78, 5) is 0. The zero-order valence-corrected chi connectivity index (χ0v) is 8.94. The fraction of sp³-hybridized carbons (Fsp3) is 1.00. The van der Waals surface area contributed by atoms with Gasteiger partial charge in [-0.2, -0.15) is 0 Å². The van der Waals surface area contributed by atoms with Crippen LogP contribution >= 0.6 is 0 Å². The standard InChI is InChI=1S/C11H24N2/c1-2-3-7-12-8-4-9-13-10-11-5-6-11/h11-13H,2-10H2,1H3. The molecule has 0 spiro atoms. The Bertz CT molecular complexity index is 111. The molecule has 1 aliphatic rings. The molecule has 0 saturated heterocycles. The molecular formula is C11H24N2. The SMILES string of the molecule is CCCCNCCCNCC1CC1. The molecule has 0 aromatic rings. The minimum atomic E-state index is 1.02. The fourth-order valence-corrected chi connectivity index (χ4v) is 1.39. The molecule has 0 bridgehead atoms. The lowest BCUT2D eigenvalue weighted by Gasteiger charge is -2.04. The third-order valence-corrected chi connectivity index (χ3v) is 2.54. The number of hydrogen-bond acceptors (Lipinski definition) is 2. The van der Waals surface area contributed by atoms with Crippen LogP contribution in [0.25, 0.3) is 0 Å². The Morgan fingerprint density at radius 2 is 1.69 bits per heavy atom. The monoisotopic (exact) mass is 184 g/mol. The molecule has 1 aliphatic carbocycles. The summed E-state index contributed by atoms with van der Waals surface area (Å²) in [5.74, 6) is 1.02. The van der Waals surface area contributed by atoms with E-state index in [2.05, 4.69) is 17.6 Å². The van der Waals surface area contributed by atoms with Gasteiger partial charge in [0, 0.05) is 0 Å². The summed E-state index contributed by atoms with van der Waals surface area (Å²) < 4.78 is 0. The van der Waals surface area contributed by atoms with E-state index in [0.717, 1.165) is 5.92 Å². The molecule has 0 unspecified atom stereocenters. The van der Waals surface area contributed by atoms with Crippen molar-refractivity contribution in [1.82, 2.24) is 10.6 Å². The van der Waals surface area contributed by atoms with Gasteiger partial charge in [0.15, 0.2) is 0 Å². The van der Waals surface area contributed by atoms with Crippen molar-refractivity contribution in [2.45, 2.75) is 39.0 Å². The van der Waals surface area contributed by atoms with Crippen LogP contribution in [-0.4, -0.2) is 26.2 Å². The van der Waals surface area contributed by atoms with Gasteiger partial charge < -0.3 is 10.6 Å². The van der Waals surface area contributed by atoms with Crippen molar-refractivity contribution in [1.29, 1.82) is 0 Å². The molecule has 1 saturated carbocycles. The quantitative estimate of drug-likeness (QED) is 0.534. The van der Waals surface area contributed by atoms with Crippen LogP contribution in [0, 0.1) is 5.92 Å². The third-order valence-electron chi connectivity index (χ3n) is 2.54. The second kappa shape index (κ2) is 7.34. The number of rotatable bonds is 9. The first-order chi connectivity index (χ1) is 6.43. The van der Waals surface area contributed by atoms with Gasteiger partial charge in [-0.1, -0.05) is 13.3 Å². The van der Waals surface area contributed by atoms with Gasteiger partial charge in [-0.3, -0.25) is 0 Å². The molecule has 2 nitrogen and oxygen atoms in total. The van der Waals surface area contributed by atoms with Gasteiger partial charge in [0.1, 0.15) is 0 Å². The van der Waals surface area contributed by atoms with Crippen molar-refractivity contribution in [3.8, 4) is 0 Å². The second-order valence-electron chi connectivity index (χ2n) is 4.10. The molecule has 13 heavy (non-hydrogen) atoms. The van der Waals surface area contributed by atoms with Crippen LogP contribution in [0.15, 0.2) is 0 Å². The highest BCUT2D eigenvalue weighted by Gasteiger charge is 2.19. The maximum atomic E-state index is 3.50. The van der Waals surface area contributed by atoms with E-state index < -0.39 is 0 Å². The van der Waals surface area contributed by atoms with E-state index >= 15 is 0 Å². The van der Waals surface area contributed by atoms with Crippen LogP contribution in [0.2, 0.25) is 0 Å². The largest absolute Gasteiger partial charge is 0.317 e. The Kier molecular flexibility index (Phi) is 6.21. The first-order valence-corrected chi connectivity index (χ1v) is 5.85. The normalized spacial score (nSPS) is 16.4. The molecule has 0 atom stereocenters. The smallest absolute Gasteiger partial charge is 0.00205 e. The molecule has 0 radical (unpaired) electrons. The van der Waals surface area contributed by atoms with E-state index in [4.69, 9.17) is 0 Å². The van der Waals surface area contributed by atoms with Crippen LogP contribution in [0.1, 0.15) is 39.0 Å². The van der Waals surface area contributed by atoms with Crippen molar-refractivity contribution in [2.75, 3.05) is 26.2 Å². The van der Waals surface area contributed by atoms with E-state index in [1.807, 2.05) is 0 Å². The van der Waals surface area contributed by atoms with Crippen LogP contribution in [0.4, 0.5) is 0 Å². The van der Waals surface area contributed by atoms with Crippen LogP contribution in [0.5, 0.6) is 0 Å². The molecular weight excluding hydrogens is 160 g/mol. The maximum Gasteiger partial charge on any atom is -0.00205 e. The molecule has 0 aliphatic heterocycles. The fourth-order valence-electron chi connectivity index (χ4n) is 1.39. The highest BCUT2D eigenvalue weighted by molar-refractivity contribution is 4.75. The van der Waals surface area contributed by atoms with Crippen molar-refractivity contribution in [2.24, 2.45) is 5.92 Å². The zero-order valence-electron chi connectivity index (χ0n) is 8.94. The molecule has 1 rings (SSSR count). The van der Waals surface area contributed by atoms with Crippen molar-refractivity contribution in [3.63, 3.8) is 0 Å². The van der Waals surface area contributed by atoms with E-state index in [1.54, 1.807) is 0 Å². The summed E-state index contributed by atoms with van der Waals surface area (Å²) in [6.07, 6.45) is 6.81. The highest BCUT2D eigenvalue weighted by Crippen LogP contribution is 2.27. The second-order valence-corrected chi connectivity index (χ2v) is 4.10. The molecule has 78 valence electrons. The van der Waals surface area contributed by atoms with Crippen LogP contribution in [0.3, 0.4) is 0 Å². The lowest BCUT2D eigenvalue weighted by molar-refractivity contribution is 0.569. The average Bonchev–Trinajstić information content (AvgIpc) is 2.93. The Labute approximate surface area is 82.5 Å². The average molecular weight is 184 g/mol. The Morgan fingerprint density at radius 3 is 2.38 bits per heavy atom. The highest BCUT2D eigenvalue weighted by atomic mass is 14.9. The first kappa shape index (κ1) is 11.0. The molecule has 1 fully saturated rings. The van der Waals surface area contributed by atoms with Gasteiger partial charge in [-0.25, -0.2) is 0 Å². The summed E-state index contributed by atoms with van der Waals surface area (Å²) in [7, 11) is 0. The van der Waals surface area contributed by atoms with E-state index in [1.165, 1.54) is 58.3 Å². The molecule has 0 aromatic heterocycles. The lowest BCUT2D eigenvalue weighted by atomic mass is 10.3. The number of unbranched alkanes of at least 4 members (excludes halogenated alkanes) is 1. The summed E-state index contributed by atoms with van der Waals surface area (Å²) in [6.45, 7) is 7.06. The van der Waals surface area contributed by atoms with Crippen molar-refractivity contribution >= 4 is 0 Å². The number of hydrogen-bond donors (Lipinski definition) is 2. The zero-order chi connectivity index (χ0) is 9.36. The summed E-state index contributed by atoms with van der Waals surface area (Å²) in [5.41, 5.74) is 0. The van der Waals surface area contributed by atoms with Gasteiger partial charge in [0.25, 0.3) is 0 Å². The first-order valence-electron chi connectivity index (χ1n) is 5.85. The van der Waals surface area contributed by atoms with Crippen molar-refractivity contribution in [3.05, 3.63) is 0 Å². The third kappa shape index (κ3) is 7.03.